The van der Waals surface area contributed by atoms with Crippen LogP contribution in [0.5, 0.6) is 0 Å². The zero-order chi connectivity index (χ0) is 6.24. The third kappa shape index (κ3) is 6.35. The van der Waals surface area contributed by atoms with Crippen molar-refractivity contribution in [2.45, 2.75) is 19.8 Å². The van der Waals surface area contributed by atoms with Gasteiger partial charge in [-0.15, -0.1) is 0 Å². The maximum absolute atomic E-state index is 5.06. The Bertz CT molecular complexity index is 37.0. The van der Waals surface area contributed by atoms with Crippen LogP contribution in [0.25, 0.3) is 0 Å². The van der Waals surface area contributed by atoms with Gasteiger partial charge in [0.15, 0.2) is 0 Å². The Morgan fingerprint density at radius 2 is 2.38 bits per heavy atom. The third-order valence-electron chi connectivity index (χ3n) is 0.742. The second-order valence-corrected chi connectivity index (χ2v) is 3.58. The van der Waals surface area contributed by atoms with Crippen molar-refractivity contribution in [3.63, 3.8) is 0 Å². The first kappa shape index (κ1) is 8.35. The highest BCUT2D eigenvalue weighted by Gasteiger charge is 1.85. The minimum absolute atomic E-state index is 0.286. The van der Waals surface area contributed by atoms with E-state index in [1.165, 1.54) is 6.42 Å². The molecule has 0 N–H and O–H groups in total. The van der Waals surface area contributed by atoms with E-state index < -0.39 is 0 Å². The average molecular weight is 148 g/mol. The maximum Gasteiger partial charge on any atom is 0.421 e. The van der Waals surface area contributed by atoms with Crippen molar-refractivity contribution >= 4 is 20.5 Å². The zero-order valence-corrected chi connectivity index (χ0v) is 8.44. The predicted molar refractivity (Wildman–Crippen MR) is 37.6 cm³/mol. The van der Waals surface area contributed by atoms with Gasteiger partial charge in [-0.2, -0.15) is 0 Å². The lowest BCUT2D eigenvalue weighted by Gasteiger charge is -1.96. The van der Waals surface area contributed by atoms with Crippen LogP contribution in [0.1, 0.15) is 19.8 Å². The highest BCUT2D eigenvalue weighted by Crippen LogP contribution is 1.85. The number of hydrogen-bond donors (Lipinski definition) is 0. The summed E-state index contributed by atoms with van der Waals surface area (Å²) in [6.45, 7) is 3.01. The maximum atomic E-state index is 5.06. The van der Waals surface area contributed by atoms with Crippen LogP contribution in [0.3, 0.4) is 0 Å². The van der Waals surface area contributed by atoms with Gasteiger partial charge in [0.05, 0.1) is 0 Å². The molecule has 0 heterocycles. The Morgan fingerprint density at radius 1 is 1.62 bits per heavy atom. The van der Waals surface area contributed by atoms with Crippen LogP contribution in [-0.4, -0.2) is 27.1 Å². The first-order valence-electron chi connectivity index (χ1n) is 2.81. The summed E-state index contributed by atoms with van der Waals surface area (Å²) < 4.78 is 9.90. The van der Waals surface area contributed by atoms with E-state index in [0.29, 0.717) is 0 Å². The van der Waals surface area contributed by atoms with Gasteiger partial charge in [-0.3, -0.25) is 0 Å². The Balaban J connectivity index is 2.53. The van der Waals surface area contributed by atoms with E-state index in [0.717, 1.165) is 23.5 Å². The SMILES string of the molecule is CCCCO[Si]O[SiH3]. The first-order valence-corrected chi connectivity index (χ1v) is 4.45. The van der Waals surface area contributed by atoms with Gasteiger partial charge in [-0.1, -0.05) is 13.3 Å². The molecule has 0 aromatic carbocycles. The molecule has 0 spiro atoms. The molecule has 0 saturated heterocycles. The Labute approximate surface area is 56.2 Å². The lowest BCUT2D eigenvalue weighted by atomic mass is 10.4. The van der Waals surface area contributed by atoms with Gasteiger partial charge in [0, 0.05) is 6.61 Å². The second-order valence-electron chi connectivity index (χ2n) is 1.49. The van der Waals surface area contributed by atoms with Crippen molar-refractivity contribution in [3.05, 3.63) is 0 Å². The van der Waals surface area contributed by atoms with E-state index in [1.54, 1.807) is 0 Å². The Hall–Kier alpha value is 0.354. The lowest BCUT2D eigenvalue weighted by Crippen LogP contribution is -2.02. The van der Waals surface area contributed by atoms with E-state index in [-0.39, 0.29) is 10.0 Å². The normalized spacial score (nSPS) is 10.1. The average Bonchev–Trinajstić information content (AvgIpc) is 1.81. The molecule has 0 amide bonds. The van der Waals surface area contributed by atoms with Crippen LogP contribution < -0.4 is 0 Å². The molecule has 0 saturated carbocycles. The smallest absolute Gasteiger partial charge is 0.421 e. The number of hydrogen-bond acceptors (Lipinski definition) is 2. The molecule has 0 aromatic rings. The monoisotopic (exact) mass is 148 g/mol. The molecule has 0 rings (SSSR count). The third-order valence-corrected chi connectivity index (χ3v) is 1.73. The van der Waals surface area contributed by atoms with E-state index in [4.69, 9.17) is 8.54 Å². The fourth-order valence-corrected chi connectivity index (χ4v) is 1.02. The second kappa shape index (κ2) is 7.35. The number of unbranched alkanes of at least 4 members (excludes halogenated alkanes) is 1. The fourth-order valence-electron chi connectivity index (χ4n) is 0.317. The van der Waals surface area contributed by atoms with E-state index >= 15 is 0 Å². The Morgan fingerprint density at radius 3 is 2.88 bits per heavy atom. The summed E-state index contributed by atoms with van der Waals surface area (Å²) in [4.78, 5) is 0. The molecule has 48 valence electrons. The molecule has 0 bridgehead atoms. The summed E-state index contributed by atoms with van der Waals surface area (Å²) in [6.07, 6.45) is 2.35. The van der Waals surface area contributed by atoms with Gasteiger partial charge >= 0.3 is 10.0 Å². The summed E-state index contributed by atoms with van der Waals surface area (Å²) in [5, 5.41) is 0. The van der Waals surface area contributed by atoms with Gasteiger partial charge in [-0.05, 0) is 6.42 Å². The summed E-state index contributed by atoms with van der Waals surface area (Å²) in [6, 6.07) is 0. The van der Waals surface area contributed by atoms with Crippen LogP contribution in [0.4, 0.5) is 0 Å². The molecule has 8 heavy (non-hydrogen) atoms. The quantitative estimate of drug-likeness (QED) is 0.391. The zero-order valence-electron chi connectivity index (χ0n) is 5.44. The van der Waals surface area contributed by atoms with Crippen molar-refractivity contribution in [3.8, 4) is 0 Å². The largest absolute Gasteiger partial charge is 0.443 e. The van der Waals surface area contributed by atoms with Crippen molar-refractivity contribution in [2.24, 2.45) is 0 Å². The van der Waals surface area contributed by atoms with E-state index in [1.807, 2.05) is 0 Å². The predicted octanol–water partition coefficient (Wildman–Crippen LogP) is -0.366. The molecule has 0 aliphatic heterocycles. The molecule has 0 atom stereocenters. The van der Waals surface area contributed by atoms with Gasteiger partial charge in [0.2, 0.25) is 0 Å². The molecule has 0 aliphatic carbocycles. The van der Waals surface area contributed by atoms with Crippen molar-refractivity contribution in [1.82, 2.24) is 0 Å². The van der Waals surface area contributed by atoms with Gasteiger partial charge in [-0.25, -0.2) is 0 Å². The summed E-state index contributed by atoms with van der Waals surface area (Å²) >= 11 is 0. The number of rotatable bonds is 5. The van der Waals surface area contributed by atoms with Crippen molar-refractivity contribution in [2.75, 3.05) is 6.61 Å². The lowest BCUT2D eigenvalue weighted by molar-refractivity contribution is 0.288. The van der Waals surface area contributed by atoms with Gasteiger partial charge in [0.25, 0.3) is 0 Å². The van der Waals surface area contributed by atoms with Crippen molar-refractivity contribution < 1.29 is 8.54 Å². The molecule has 0 fully saturated rings. The summed E-state index contributed by atoms with van der Waals surface area (Å²) in [7, 11) is 1.08. The highest BCUT2D eigenvalue weighted by atomic mass is 28.3. The van der Waals surface area contributed by atoms with E-state index in [2.05, 4.69) is 6.92 Å². The molecule has 0 aromatic heterocycles. The first-order chi connectivity index (χ1) is 3.91. The molecule has 0 aliphatic rings. The standard InChI is InChI=1S/C4H12O2Si2/c1-2-3-4-5-8-6-7/h2-4H2,1,7H3. The van der Waals surface area contributed by atoms with Crippen LogP contribution in [0, 0.1) is 0 Å². The van der Waals surface area contributed by atoms with Gasteiger partial charge < -0.3 is 8.54 Å². The van der Waals surface area contributed by atoms with Crippen molar-refractivity contribution in [1.29, 1.82) is 0 Å². The summed E-state index contributed by atoms with van der Waals surface area (Å²) in [5.74, 6) is 0. The minimum Gasteiger partial charge on any atom is -0.443 e. The molecule has 4 heteroatoms. The summed E-state index contributed by atoms with van der Waals surface area (Å²) in [5.41, 5.74) is 0. The van der Waals surface area contributed by atoms with E-state index in [9.17, 15) is 0 Å². The molecule has 2 radical (unpaired) electrons. The minimum atomic E-state index is 0.286. The van der Waals surface area contributed by atoms with Crippen LogP contribution in [-0.2, 0) is 8.54 Å². The Kier molecular flexibility index (Phi) is 7.68. The molecular weight excluding hydrogens is 136 g/mol. The van der Waals surface area contributed by atoms with Crippen LogP contribution in [0.15, 0.2) is 0 Å². The topological polar surface area (TPSA) is 18.5 Å². The molecule has 0 unspecified atom stereocenters. The molecule has 2 nitrogen and oxygen atoms in total. The van der Waals surface area contributed by atoms with Crippen LogP contribution in [0.2, 0.25) is 0 Å². The highest BCUT2D eigenvalue weighted by molar-refractivity contribution is 6.27. The molecular formula is C4H12O2Si2. The fraction of sp³-hybridized carbons (Fsp3) is 1.00. The van der Waals surface area contributed by atoms with Crippen LogP contribution >= 0.6 is 0 Å². The van der Waals surface area contributed by atoms with Gasteiger partial charge in [0.1, 0.15) is 10.5 Å².